The minimum atomic E-state index is -0.0469. The summed E-state index contributed by atoms with van der Waals surface area (Å²) in [6, 6.07) is 1.93. The van der Waals surface area contributed by atoms with Crippen molar-refractivity contribution in [1.29, 1.82) is 0 Å². The standard InChI is InChI=1S/C12H17F/c1-7(2)11-8(3)6-9(4)12(13)10(11)5/h6-7H,1-5H3. The fourth-order valence-electron chi connectivity index (χ4n) is 2.06. The average Bonchev–Trinajstić information content (AvgIpc) is 1.99. The van der Waals surface area contributed by atoms with Crippen molar-refractivity contribution in [2.24, 2.45) is 0 Å². The van der Waals surface area contributed by atoms with Crippen molar-refractivity contribution in [2.75, 3.05) is 0 Å². The first-order valence-electron chi connectivity index (χ1n) is 4.71. The number of halogens is 1. The van der Waals surface area contributed by atoms with Gasteiger partial charge in [0.15, 0.2) is 0 Å². The van der Waals surface area contributed by atoms with Crippen molar-refractivity contribution in [3.05, 3.63) is 34.1 Å². The zero-order valence-electron chi connectivity index (χ0n) is 9.03. The molecule has 0 saturated carbocycles. The topological polar surface area (TPSA) is 0 Å². The van der Waals surface area contributed by atoms with E-state index in [1.165, 1.54) is 5.56 Å². The Morgan fingerprint density at radius 1 is 1.08 bits per heavy atom. The van der Waals surface area contributed by atoms with Crippen LogP contribution in [-0.4, -0.2) is 0 Å². The number of hydrogen-bond donors (Lipinski definition) is 0. The van der Waals surface area contributed by atoms with Crippen LogP contribution in [0.25, 0.3) is 0 Å². The SMILES string of the molecule is Cc1cc(C)c(C(C)C)c(C)c1F. The fraction of sp³-hybridized carbons (Fsp3) is 0.500. The lowest BCUT2D eigenvalue weighted by Crippen LogP contribution is -2.01. The lowest BCUT2D eigenvalue weighted by atomic mass is 9.91. The van der Waals surface area contributed by atoms with Gasteiger partial charge < -0.3 is 0 Å². The third-order valence-electron chi connectivity index (χ3n) is 2.51. The molecule has 1 aromatic carbocycles. The molecule has 0 N–H and O–H groups in total. The van der Waals surface area contributed by atoms with E-state index in [-0.39, 0.29) is 5.82 Å². The van der Waals surface area contributed by atoms with E-state index < -0.39 is 0 Å². The van der Waals surface area contributed by atoms with E-state index in [0.29, 0.717) is 5.92 Å². The summed E-state index contributed by atoms with van der Waals surface area (Å²) >= 11 is 0. The predicted molar refractivity (Wildman–Crippen MR) is 54.7 cm³/mol. The summed E-state index contributed by atoms with van der Waals surface area (Å²) in [7, 11) is 0. The quantitative estimate of drug-likeness (QED) is 0.615. The van der Waals surface area contributed by atoms with Crippen molar-refractivity contribution in [3.8, 4) is 0 Å². The second-order valence-corrected chi connectivity index (χ2v) is 4.02. The van der Waals surface area contributed by atoms with E-state index in [9.17, 15) is 4.39 Å². The van der Waals surface area contributed by atoms with Gasteiger partial charge in [0.2, 0.25) is 0 Å². The van der Waals surface area contributed by atoms with Crippen LogP contribution < -0.4 is 0 Å². The summed E-state index contributed by atoms with van der Waals surface area (Å²) in [5.41, 5.74) is 3.92. The minimum Gasteiger partial charge on any atom is -0.206 e. The van der Waals surface area contributed by atoms with Crippen LogP contribution in [0.1, 0.15) is 42.0 Å². The van der Waals surface area contributed by atoms with Gasteiger partial charge in [0, 0.05) is 0 Å². The second-order valence-electron chi connectivity index (χ2n) is 4.02. The van der Waals surface area contributed by atoms with Crippen LogP contribution in [0, 0.1) is 26.6 Å². The highest BCUT2D eigenvalue weighted by atomic mass is 19.1. The Kier molecular flexibility index (Phi) is 2.74. The van der Waals surface area contributed by atoms with Gasteiger partial charge in [0.25, 0.3) is 0 Å². The molecule has 1 aromatic rings. The third kappa shape index (κ3) is 1.74. The van der Waals surface area contributed by atoms with Crippen molar-refractivity contribution in [2.45, 2.75) is 40.5 Å². The normalized spacial score (nSPS) is 11.0. The Bertz CT molecular complexity index is 324. The van der Waals surface area contributed by atoms with Crippen LogP contribution >= 0.6 is 0 Å². The third-order valence-corrected chi connectivity index (χ3v) is 2.51. The van der Waals surface area contributed by atoms with Crippen LogP contribution in [0.5, 0.6) is 0 Å². The van der Waals surface area contributed by atoms with Gasteiger partial charge in [-0.05, 0) is 48.9 Å². The summed E-state index contributed by atoms with van der Waals surface area (Å²) in [6.07, 6.45) is 0. The molecule has 0 nitrogen and oxygen atoms in total. The molecular weight excluding hydrogens is 163 g/mol. The van der Waals surface area contributed by atoms with E-state index in [4.69, 9.17) is 0 Å². The van der Waals surface area contributed by atoms with Crippen LogP contribution in [0.3, 0.4) is 0 Å². The molecule has 0 spiro atoms. The van der Waals surface area contributed by atoms with Gasteiger partial charge in [0.1, 0.15) is 5.82 Å². The molecule has 0 radical (unpaired) electrons. The Labute approximate surface area is 79.8 Å². The van der Waals surface area contributed by atoms with Gasteiger partial charge in [-0.1, -0.05) is 19.9 Å². The highest BCUT2D eigenvalue weighted by molar-refractivity contribution is 5.40. The van der Waals surface area contributed by atoms with Gasteiger partial charge in [-0.15, -0.1) is 0 Å². The molecule has 0 atom stereocenters. The molecule has 0 bridgehead atoms. The maximum Gasteiger partial charge on any atom is 0.129 e. The van der Waals surface area contributed by atoms with Crippen molar-refractivity contribution in [1.82, 2.24) is 0 Å². The zero-order chi connectivity index (χ0) is 10.2. The smallest absolute Gasteiger partial charge is 0.129 e. The Balaban J connectivity index is 3.44. The monoisotopic (exact) mass is 180 g/mol. The lowest BCUT2D eigenvalue weighted by Gasteiger charge is -2.15. The van der Waals surface area contributed by atoms with Gasteiger partial charge >= 0.3 is 0 Å². The molecule has 0 saturated heterocycles. The Hall–Kier alpha value is -0.850. The Morgan fingerprint density at radius 3 is 2.08 bits per heavy atom. The van der Waals surface area contributed by atoms with Gasteiger partial charge in [-0.2, -0.15) is 0 Å². The molecule has 0 aliphatic carbocycles. The number of aryl methyl sites for hydroxylation is 2. The van der Waals surface area contributed by atoms with Gasteiger partial charge in [-0.25, -0.2) is 4.39 Å². The molecular formula is C12H17F. The minimum absolute atomic E-state index is 0.0469. The molecule has 0 aromatic heterocycles. The van der Waals surface area contributed by atoms with Crippen LogP contribution in [0.15, 0.2) is 6.07 Å². The molecule has 0 fully saturated rings. The lowest BCUT2D eigenvalue weighted by molar-refractivity contribution is 0.602. The molecule has 72 valence electrons. The highest BCUT2D eigenvalue weighted by Gasteiger charge is 2.12. The predicted octanol–water partition coefficient (Wildman–Crippen LogP) is 3.87. The molecule has 0 amide bonds. The van der Waals surface area contributed by atoms with Crippen LogP contribution in [0.2, 0.25) is 0 Å². The summed E-state index contributed by atoms with van der Waals surface area (Å²) < 4.78 is 13.5. The van der Waals surface area contributed by atoms with E-state index in [1.807, 2.05) is 19.9 Å². The first kappa shape index (κ1) is 10.2. The second kappa shape index (κ2) is 3.49. The molecule has 1 rings (SSSR count). The first-order valence-corrected chi connectivity index (χ1v) is 4.71. The van der Waals surface area contributed by atoms with Gasteiger partial charge in [-0.3, -0.25) is 0 Å². The average molecular weight is 180 g/mol. The van der Waals surface area contributed by atoms with Crippen LogP contribution in [0.4, 0.5) is 4.39 Å². The van der Waals surface area contributed by atoms with E-state index >= 15 is 0 Å². The molecule has 1 heteroatoms. The van der Waals surface area contributed by atoms with Gasteiger partial charge in [0.05, 0.1) is 0 Å². The maximum absolute atomic E-state index is 13.5. The summed E-state index contributed by atoms with van der Waals surface area (Å²) in [6.45, 7) is 9.94. The molecule has 0 heterocycles. The van der Waals surface area contributed by atoms with E-state index in [0.717, 1.165) is 16.7 Å². The number of benzene rings is 1. The van der Waals surface area contributed by atoms with E-state index in [1.54, 1.807) is 0 Å². The molecule has 0 aliphatic rings. The molecule has 0 unspecified atom stereocenters. The summed E-state index contributed by atoms with van der Waals surface area (Å²) in [5.74, 6) is 0.351. The van der Waals surface area contributed by atoms with Crippen molar-refractivity contribution < 1.29 is 4.39 Å². The number of rotatable bonds is 1. The zero-order valence-corrected chi connectivity index (χ0v) is 9.03. The van der Waals surface area contributed by atoms with E-state index in [2.05, 4.69) is 20.8 Å². The Morgan fingerprint density at radius 2 is 1.62 bits per heavy atom. The molecule has 0 aliphatic heterocycles. The number of hydrogen-bond acceptors (Lipinski definition) is 0. The van der Waals surface area contributed by atoms with Crippen LogP contribution in [-0.2, 0) is 0 Å². The largest absolute Gasteiger partial charge is 0.206 e. The first-order chi connectivity index (χ1) is 5.95. The van der Waals surface area contributed by atoms with Crippen molar-refractivity contribution in [3.63, 3.8) is 0 Å². The highest BCUT2D eigenvalue weighted by Crippen LogP contribution is 2.26. The summed E-state index contributed by atoms with van der Waals surface area (Å²) in [5, 5.41) is 0. The maximum atomic E-state index is 13.5. The fourth-order valence-corrected chi connectivity index (χ4v) is 2.06. The summed E-state index contributed by atoms with van der Waals surface area (Å²) in [4.78, 5) is 0. The van der Waals surface area contributed by atoms with Crippen molar-refractivity contribution >= 4 is 0 Å². The molecule has 13 heavy (non-hydrogen) atoms.